The van der Waals surface area contributed by atoms with Gasteiger partial charge in [0.15, 0.2) is 12.1 Å². The third-order valence-electron chi connectivity index (χ3n) is 2.32. The Balaban J connectivity index is 2.53. The fourth-order valence-corrected chi connectivity index (χ4v) is 1.45. The van der Waals surface area contributed by atoms with Crippen molar-refractivity contribution in [3.05, 3.63) is 47.8 Å². The van der Waals surface area contributed by atoms with Crippen molar-refractivity contribution in [3.8, 4) is 11.4 Å². The number of nitrogens with zero attached hydrogens (tertiary/aromatic N) is 2. The summed E-state index contributed by atoms with van der Waals surface area (Å²) < 4.78 is 0. The van der Waals surface area contributed by atoms with Gasteiger partial charge < -0.3 is 0 Å². The number of aldehydes is 1. The van der Waals surface area contributed by atoms with Gasteiger partial charge in [0, 0.05) is 11.8 Å². The summed E-state index contributed by atoms with van der Waals surface area (Å²) in [5, 5.41) is 0. The van der Waals surface area contributed by atoms with Crippen LogP contribution in [-0.2, 0) is 0 Å². The Hall–Kier alpha value is -2.60. The van der Waals surface area contributed by atoms with Crippen LogP contribution in [-0.4, -0.2) is 22.2 Å². The summed E-state index contributed by atoms with van der Waals surface area (Å²) in [5.41, 5.74) is 2.75. The average Bonchev–Trinajstić information content (AvgIpc) is 2.46. The first-order valence-corrected chi connectivity index (χ1v) is 5.15. The number of nitrogen functional groups attached to an aromatic ring is 1. The van der Waals surface area contributed by atoms with Crippen LogP contribution in [0.2, 0.25) is 0 Å². The van der Waals surface area contributed by atoms with E-state index >= 15 is 0 Å². The second kappa shape index (κ2) is 5.15. The quantitative estimate of drug-likeness (QED) is 0.354. The minimum absolute atomic E-state index is 0.0404. The first kappa shape index (κ1) is 11.9. The van der Waals surface area contributed by atoms with Crippen LogP contribution in [0, 0.1) is 0 Å². The summed E-state index contributed by atoms with van der Waals surface area (Å²) in [5.74, 6) is 4.77. The van der Waals surface area contributed by atoms with Gasteiger partial charge in [-0.2, -0.15) is 0 Å². The van der Waals surface area contributed by atoms with Gasteiger partial charge in [0.05, 0.1) is 5.56 Å². The molecule has 3 N–H and O–H groups in total. The van der Waals surface area contributed by atoms with Gasteiger partial charge >= 0.3 is 0 Å². The van der Waals surface area contributed by atoms with Crippen LogP contribution in [0.5, 0.6) is 0 Å². The standard InChI is InChI=1S/C12H10N4O2/c13-16-12(18)10-9(7-17)6-14-11(15-10)8-4-2-1-3-5-8/h1-7H,13H2,(H,16,18). The number of aromatic nitrogens is 2. The normalized spacial score (nSPS) is 9.83. The Morgan fingerprint density at radius 2 is 2.00 bits per heavy atom. The average molecular weight is 242 g/mol. The lowest BCUT2D eigenvalue weighted by molar-refractivity contribution is 0.0943. The molecule has 0 unspecified atom stereocenters. The SMILES string of the molecule is NNC(=O)c1nc(-c2ccccc2)ncc1C=O. The van der Waals surface area contributed by atoms with Crippen molar-refractivity contribution in [1.29, 1.82) is 0 Å². The van der Waals surface area contributed by atoms with E-state index in [2.05, 4.69) is 9.97 Å². The molecule has 18 heavy (non-hydrogen) atoms. The fraction of sp³-hybridized carbons (Fsp3) is 0. The molecule has 1 amide bonds. The molecule has 1 heterocycles. The van der Waals surface area contributed by atoms with Gasteiger partial charge in [0.2, 0.25) is 0 Å². The second-order valence-corrected chi connectivity index (χ2v) is 3.45. The van der Waals surface area contributed by atoms with Gasteiger partial charge in [-0.15, -0.1) is 0 Å². The zero-order valence-electron chi connectivity index (χ0n) is 9.33. The molecule has 0 aliphatic heterocycles. The highest BCUT2D eigenvalue weighted by atomic mass is 16.2. The lowest BCUT2D eigenvalue weighted by Gasteiger charge is -2.05. The molecule has 1 aromatic heterocycles. The maximum Gasteiger partial charge on any atom is 0.284 e. The first-order chi connectivity index (χ1) is 8.76. The van der Waals surface area contributed by atoms with E-state index in [1.807, 2.05) is 23.6 Å². The summed E-state index contributed by atoms with van der Waals surface area (Å²) in [6.45, 7) is 0. The molecular formula is C12H10N4O2. The van der Waals surface area contributed by atoms with Gasteiger partial charge in [-0.3, -0.25) is 15.0 Å². The summed E-state index contributed by atoms with van der Waals surface area (Å²) >= 11 is 0. The molecule has 1 aromatic carbocycles. The second-order valence-electron chi connectivity index (χ2n) is 3.45. The number of hydrogen-bond acceptors (Lipinski definition) is 5. The molecule has 2 rings (SSSR count). The molecule has 0 spiro atoms. The Morgan fingerprint density at radius 3 is 2.61 bits per heavy atom. The molecule has 0 aliphatic rings. The van der Waals surface area contributed by atoms with Crippen LogP contribution in [0.15, 0.2) is 36.5 Å². The van der Waals surface area contributed by atoms with E-state index < -0.39 is 5.91 Å². The number of hydrogen-bond donors (Lipinski definition) is 2. The Kier molecular flexibility index (Phi) is 3.40. The number of carbonyl (C=O) groups excluding carboxylic acids is 2. The zero-order valence-corrected chi connectivity index (χ0v) is 9.33. The molecular weight excluding hydrogens is 232 g/mol. The van der Waals surface area contributed by atoms with E-state index in [1.165, 1.54) is 6.20 Å². The van der Waals surface area contributed by atoms with Crippen molar-refractivity contribution in [3.63, 3.8) is 0 Å². The molecule has 6 nitrogen and oxygen atoms in total. The number of carbonyl (C=O) groups is 2. The molecule has 0 atom stereocenters. The molecule has 6 heteroatoms. The number of hydrazine groups is 1. The molecule has 0 saturated carbocycles. The highest BCUT2D eigenvalue weighted by Crippen LogP contribution is 2.15. The molecule has 0 saturated heterocycles. The highest BCUT2D eigenvalue weighted by Gasteiger charge is 2.14. The van der Waals surface area contributed by atoms with E-state index in [4.69, 9.17) is 5.84 Å². The number of nitrogens with one attached hydrogen (secondary N) is 1. The maximum absolute atomic E-state index is 11.5. The summed E-state index contributed by atoms with van der Waals surface area (Å²) in [6.07, 6.45) is 1.81. The largest absolute Gasteiger partial charge is 0.298 e. The third kappa shape index (κ3) is 2.23. The van der Waals surface area contributed by atoms with Gasteiger partial charge in [0.25, 0.3) is 5.91 Å². The topological polar surface area (TPSA) is 98.0 Å². The summed E-state index contributed by atoms with van der Waals surface area (Å²) in [6, 6.07) is 9.13. The first-order valence-electron chi connectivity index (χ1n) is 5.15. The van der Waals surface area contributed by atoms with Crippen LogP contribution in [0.1, 0.15) is 20.8 Å². The number of amides is 1. The molecule has 0 fully saturated rings. The lowest BCUT2D eigenvalue weighted by Crippen LogP contribution is -2.31. The van der Waals surface area contributed by atoms with Gasteiger partial charge in [-0.1, -0.05) is 30.3 Å². The zero-order chi connectivity index (χ0) is 13.0. The Bertz CT molecular complexity index is 584. The van der Waals surface area contributed by atoms with Crippen LogP contribution in [0.4, 0.5) is 0 Å². The minimum atomic E-state index is -0.628. The highest BCUT2D eigenvalue weighted by molar-refractivity contribution is 5.99. The van der Waals surface area contributed by atoms with Gasteiger partial charge in [-0.25, -0.2) is 15.8 Å². The van der Waals surface area contributed by atoms with Crippen molar-refractivity contribution < 1.29 is 9.59 Å². The Morgan fingerprint density at radius 1 is 1.28 bits per heavy atom. The van der Waals surface area contributed by atoms with Crippen molar-refractivity contribution in [2.24, 2.45) is 5.84 Å². The predicted molar refractivity (Wildman–Crippen MR) is 64.5 cm³/mol. The number of nitrogens with two attached hydrogens (primary N) is 1. The van der Waals surface area contributed by atoms with Gasteiger partial charge in [-0.05, 0) is 0 Å². The van der Waals surface area contributed by atoms with Crippen LogP contribution in [0.25, 0.3) is 11.4 Å². The van der Waals surface area contributed by atoms with Crippen LogP contribution >= 0.6 is 0 Å². The maximum atomic E-state index is 11.5. The van der Waals surface area contributed by atoms with E-state index in [0.717, 1.165) is 5.56 Å². The van der Waals surface area contributed by atoms with Gasteiger partial charge in [0.1, 0.15) is 5.69 Å². The van der Waals surface area contributed by atoms with Crippen LogP contribution < -0.4 is 11.3 Å². The third-order valence-corrected chi connectivity index (χ3v) is 2.32. The summed E-state index contributed by atoms with van der Waals surface area (Å²) in [7, 11) is 0. The molecule has 90 valence electrons. The minimum Gasteiger partial charge on any atom is -0.298 e. The van der Waals surface area contributed by atoms with E-state index in [9.17, 15) is 9.59 Å². The smallest absolute Gasteiger partial charge is 0.284 e. The van der Waals surface area contributed by atoms with Crippen molar-refractivity contribution >= 4 is 12.2 Å². The molecule has 0 radical (unpaired) electrons. The molecule has 0 aliphatic carbocycles. The van der Waals surface area contributed by atoms with E-state index in [0.29, 0.717) is 12.1 Å². The van der Waals surface area contributed by atoms with Crippen LogP contribution in [0.3, 0.4) is 0 Å². The van der Waals surface area contributed by atoms with Crippen molar-refractivity contribution in [2.75, 3.05) is 0 Å². The number of benzene rings is 1. The predicted octanol–water partition coefficient (Wildman–Crippen LogP) is 0.560. The lowest BCUT2D eigenvalue weighted by atomic mass is 10.2. The van der Waals surface area contributed by atoms with Crippen molar-refractivity contribution in [1.82, 2.24) is 15.4 Å². The van der Waals surface area contributed by atoms with E-state index in [1.54, 1.807) is 12.1 Å². The molecule has 2 aromatic rings. The fourth-order valence-electron chi connectivity index (χ4n) is 1.45. The molecule has 0 bridgehead atoms. The van der Waals surface area contributed by atoms with E-state index in [-0.39, 0.29) is 11.3 Å². The number of rotatable bonds is 3. The monoisotopic (exact) mass is 242 g/mol. The summed E-state index contributed by atoms with van der Waals surface area (Å²) in [4.78, 5) is 30.4. The van der Waals surface area contributed by atoms with Crippen molar-refractivity contribution in [2.45, 2.75) is 0 Å². The Labute approximate surface area is 103 Å².